The molecule has 0 aliphatic carbocycles. The minimum Gasteiger partial charge on any atom is -0.487 e. The molecule has 0 amide bonds. The molecular weight excluding hydrogens is 236 g/mol. The van der Waals surface area contributed by atoms with E-state index in [4.69, 9.17) is 4.74 Å². The van der Waals surface area contributed by atoms with Crippen LogP contribution in [-0.2, 0) is 0 Å². The van der Waals surface area contributed by atoms with Crippen molar-refractivity contribution in [1.29, 1.82) is 0 Å². The lowest BCUT2D eigenvalue weighted by Gasteiger charge is -2.39. The number of likely N-dealkylation sites (tertiary alicyclic amines) is 1. The highest BCUT2D eigenvalue weighted by molar-refractivity contribution is 5.79. The first-order chi connectivity index (χ1) is 9.15. The van der Waals surface area contributed by atoms with Gasteiger partial charge in [-0.25, -0.2) is 0 Å². The third kappa shape index (κ3) is 2.56. The summed E-state index contributed by atoms with van der Waals surface area (Å²) < 4.78 is 6.92. The summed E-state index contributed by atoms with van der Waals surface area (Å²) in [5.41, 5.74) is 1.01. The van der Waals surface area contributed by atoms with Crippen LogP contribution in [-0.4, -0.2) is 36.2 Å². The zero-order chi connectivity index (χ0) is 13.3. The Labute approximate surface area is 114 Å². The van der Waals surface area contributed by atoms with Gasteiger partial charge in [-0.3, -0.25) is 4.98 Å². The van der Waals surface area contributed by atoms with Gasteiger partial charge in [-0.15, -0.1) is 13.0 Å². The Morgan fingerprint density at radius 2 is 2.26 bits per heavy atom. The Balaban J connectivity index is 1.72. The van der Waals surface area contributed by atoms with E-state index >= 15 is 0 Å². The molecule has 100 valence electrons. The number of benzene rings is 1. The molecule has 1 aromatic carbocycles. The minimum absolute atomic E-state index is 0.560. The maximum Gasteiger partial charge on any atom is 0.138 e. The highest BCUT2D eigenvalue weighted by Crippen LogP contribution is 2.27. The predicted molar refractivity (Wildman–Crippen MR) is 76.7 cm³/mol. The molecule has 3 heteroatoms. The average Bonchev–Trinajstić information content (AvgIpc) is 2.75. The van der Waals surface area contributed by atoms with Gasteiger partial charge in [0.1, 0.15) is 12.4 Å². The molecule has 2 heterocycles. The van der Waals surface area contributed by atoms with Crippen LogP contribution in [0.15, 0.2) is 36.5 Å². The highest BCUT2D eigenvalue weighted by Gasteiger charge is 2.27. The van der Waals surface area contributed by atoms with Crippen molar-refractivity contribution in [2.75, 3.05) is 20.7 Å². The molecular formula is C16H20N2O. The quantitative estimate of drug-likeness (QED) is 0.622. The maximum absolute atomic E-state index is 5.97. The van der Waals surface area contributed by atoms with Crippen LogP contribution in [0, 0.1) is 6.54 Å². The monoisotopic (exact) mass is 256 g/mol. The van der Waals surface area contributed by atoms with Crippen LogP contribution in [0.4, 0.5) is 0 Å². The summed E-state index contributed by atoms with van der Waals surface area (Å²) in [6, 6.07) is 10.7. The van der Waals surface area contributed by atoms with Gasteiger partial charge in [0.25, 0.3) is 0 Å². The van der Waals surface area contributed by atoms with Gasteiger partial charge in [0.15, 0.2) is 0 Å². The standard InChI is InChI=1S/C16H20N2O/c1-18(2)10-4-6-14(18)12-19-15-7-8-16-13(11-15)5-3-9-17-16/h3,5,7-11,14H,4,6,12H2,1-2H3/t14-/m1/s1. The van der Waals surface area contributed by atoms with Gasteiger partial charge in [-0.1, -0.05) is 6.07 Å². The Morgan fingerprint density at radius 1 is 1.37 bits per heavy atom. The van der Waals surface area contributed by atoms with Gasteiger partial charge in [0, 0.05) is 25.7 Å². The van der Waals surface area contributed by atoms with E-state index in [0.717, 1.165) is 27.7 Å². The lowest BCUT2D eigenvalue weighted by molar-refractivity contribution is -0.875. The van der Waals surface area contributed by atoms with Gasteiger partial charge in [0.2, 0.25) is 0 Å². The molecule has 3 rings (SSSR count). The largest absolute Gasteiger partial charge is 0.487 e. The first kappa shape index (κ1) is 12.4. The number of fused-ring (bicyclic) bond motifs is 1. The molecule has 3 nitrogen and oxygen atoms in total. The van der Waals surface area contributed by atoms with Crippen LogP contribution in [0.25, 0.3) is 10.9 Å². The van der Waals surface area contributed by atoms with E-state index < -0.39 is 0 Å². The van der Waals surface area contributed by atoms with E-state index in [0.29, 0.717) is 6.04 Å². The van der Waals surface area contributed by atoms with Crippen LogP contribution in [0.3, 0.4) is 0 Å². The molecule has 0 N–H and O–H groups in total. The van der Waals surface area contributed by atoms with Gasteiger partial charge < -0.3 is 9.22 Å². The third-order valence-electron chi connectivity index (χ3n) is 4.06. The zero-order valence-electron chi connectivity index (χ0n) is 11.5. The number of aromatic nitrogens is 1. The molecule has 19 heavy (non-hydrogen) atoms. The maximum atomic E-state index is 5.97. The molecule has 0 unspecified atom stereocenters. The molecule has 0 bridgehead atoms. The van der Waals surface area contributed by atoms with Gasteiger partial charge in [-0.05, 0) is 30.7 Å². The van der Waals surface area contributed by atoms with Crippen LogP contribution < -0.4 is 4.74 Å². The smallest absolute Gasteiger partial charge is 0.138 e. The second-order valence-electron chi connectivity index (χ2n) is 5.71. The third-order valence-corrected chi connectivity index (χ3v) is 4.06. The van der Waals surface area contributed by atoms with Crippen molar-refractivity contribution in [3.05, 3.63) is 43.1 Å². The van der Waals surface area contributed by atoms with Crippen LogP contribution in [0.5, 0.6) is 5.75 Å². The van der Waals surface area contributed by atoms with Gasteiger partial charge in [-0.2, -0.15) is 0 Å². The molecule has 1 aromatic heterocycles. The number of likely N-dealkylation sites (N-methyl/N-ethyl adjacent to an activating group) is 1. The van der Waals surface area contributed by atoms with Crippen LogP contribution >= 0.6 is 0 Å². The fourth-order valence-corrected chi connectivity index (χ4v) is 2.69. The van der Waals surface area contributed by atoms with E-state index in [1.165, 1.54) is 12.8 Å². The molecule has 1 atom stereocenters. The SMILES string of the molecule is C[N+]1(C)[CH-]CC[C@@H]1COc1ccc2ncccc2c1. The summed E-state index contributed by atoms with van der Waals surface area (Å²) in [6.07, 6.45) is 4.21. The van der Waals surface area contributed by atoms with E-state index in [1.54, 1.807) is 0 Å². The van der Waals surface area contributed by atoms with Crippen molar-refractivity contribution in [3.8, 4) is 5.75 Å². The van der Waals surface area contributed by atoms with Crippen LogP contribution in [0.1, 0.15) is 12.8 Å². The number of pyridine rings is 1. The Hall–Kier alpha value is -1.61. The number of quaternary nitrogens is 1. The molecule has 0 saturated carbocycles. The summed E-state index contributed by atoms with van der Waals surface area (Å²) in [5, 5.41) is 1.13. The Kier molecular flexibility index (Phi) is 3.15. The van der Waals surface area contributed by atoms with E-state index in [2.05, 4.69) is 37.8 Å². The molecule has 1 saturated heterocycles. The fourth-order valence-electron chi connectivity index (χ4n) is 2.69. The topological polar surface area (TPSA) is 22.1 Å². The van der Waals surface area contributed by atoms with Gasteiger partial charge in [0.05, 0.1) is 11.6 Å². The predicted octanol–water partition coefficient (Wildman–Crippen LogP) is 3.01. The zero-order valence-corrected chi connectivity index (χ0v) is 11.5. The minimum atomic E-state index is 0.560. The van der Waals surface area contributed by atoms with Crippen molar-refractivity contribution in [3.63, 3.8) is 0 Å². The summed E-state index contributed by atoms with van der Waals surface area (Å²) in [6.45, 7) is 3.13. The fraction of sp³-hybridized carbons (Fsp3) is 0.375. The van der Waals surface area contributed by atoms with Crippen LogP contribution in [0.2, 0.25) is 0 Å². The second-order valence-corrected chi connectivity index (χ2v) is 5.71. The number of nitrogens with zero attached hydrogens (tertiary/aromatic N) is 2. The first-order valence-corrected chi connectivity index (χ1v) is 6.80. The molecule has 0 radical (unpaired) electrons. The first-order valence-electron chi connectivity index (χ1n) is 6.80. The average molecular weight is 256 g/mol. The van der Waals surface area contributed by atoms with Crippen molar-refractivity contribution in [2.45, 2.75) is 18.9 Å². The molecule has 0 spiro atoms. The van der Waals surface area contributed by atoms with Crippen molar-refractivity contribution >= 4 is 10.9 Å². The second kappa shape index (κ2) is 4.82. The van der Waals surface area contributed by atoms with E-state index in [-0.39, 0.29) is 0 Å². The van der Waals surface area contributed by atoms with Crippen molar-refractivity contribution < 1.29 is 9.22 Å². The molecule has 1 fully saturated rings. The van der Waals surface area contributed by atoms with Gasteiger partial charge >= 0.3 is 0 Å². The normalized spacial score (nSPS) is 21.7. The van der Waals surface area contributed by atoms with Crippen molar-refractivity contribution in [1.82, 2.24) is 4.98 Å². The summed E-state index contributed by atoms with van der Waals surface area (Å²) in [5.74, 6) is 0.937. The lowest BCUT2D eigenvalue weighted by Crippen LogP contribution is -2.44. The molecule has 1 aliphatic rings. The molecule has 1 aliphatic heterocycles. The lowest BCUT2D eigenvalue weighted by atomic mass is 10.2. The number of hydrogen-bond donors (Lipinski definition) is 0. The van der Waals surface area contributed by atoms with Crippen molar-refractivity contribution in [2.24, 2.45) is 0 Å². The summed E-state index contributed by atoms with van der Waals surface area (Å²) in [4.78, 5) is 4.32. The number of ether oxygens (including phenoxy) is 1. The summed E-state index contributed by atoms with van der Waals surface area (Å²) in [7, 11) is 4.48. The number of hydrogen-bond acceptors (Lipinski definition) is 2. The number of rotatable bonds is 3. The molecule has 2 aromatic rings. The Morgan fingerprint density at radius 3 is 3.05 bits per heavy atom. The van der Waals surface area contributed by atoms with E-state index in [1.807, 2.05) is 24.4 Å². The Bertz CT molecular complexity index is 580. The highest BCUT2D eigenvalue weighted by atomic mass is 16.5. The summed E-state index contributed by atoms with van der Waals surface area (Å²) >= 11 is 0. The van der Waals surface area contributed by atoms with E-state index in [9.17, 15) is 0 Å².